The Morgan fingerprint density at radius 2 is 2.09 bits per heavy atom. The van der Waals surface area contributed by atoms with Crippen molar-refractivity contribution in [1.29, 1.82) is 0 Å². The van der Waals surface area contributed by atoms with Gasteiger partial charge in [0.1, 0.15) is 0 Å². The lowest BCUT2D eigenvalue weighted by molar-refractivity contribution is -0.120. The number of H-pyrrole nitrogens is 1. The minimum absolute atomic E-state index is 0.0844. The summed E-state index contributed by atoms with van der Waals surface area (Å²) in [5.74, 6) is 0.0844. The molecule has 2 N–H and O–H groups in total. The number of fused-ring (bicyclic) bond motifs is 1. The molecule has 1 aliphatic rings. The summed E-state index contributed by atoms with van der Waals surface area (Å²) < 4.78 is 5.32. The predicted molar refractivity (Wildman–Crippen MR) is 87.0 cm³/mol. The lowest BCUT2D eigenvalue weighted by atomic mass is 10.1. The second-order valence-electron chi connectivity index (χ2n) is 5.75. The molecule has 5 nitrogen and oxygen atoms in total. The van der Waals surface area contributed by atoms with Crippen molar-refractivity contribution in [2.24, 2.45) is 0 Å². The Hall–Kier alpha value is -1.85. The number of para-hydroxylation sites is 1. The third-order valence-electron chi connectivity index (χ3n) is 4.22. The van der Waals surface area contributed by atoms with E-state index in [9.17, 15) is 4.79 Å². The summed E-state index contributed by atoms with van der Waals surface area (Å²) in [7, 11) is 0. The molecule has 0 aliphatic carbocycles. The lowest BCUT2D eigenvalue weighted by Gasteiger charge is -2.26. The van der Waals surface area contributed by atoms with Crippen molar-refractivity contribution in [3.8, 4) is 0 Å². The van der Waals surface area contributed by atoms with Gasteiger partial charge in [0.2, 0.25) is 5.91 Å². The van der Waals surface area contributed by atoms with Crippen LogP contribution in [0.2, 0.25) is 0 Å². The molecule has 1 aliphatic heterocycles. The van der Waals surface area contributed by atoms with E-state index >= 15 is 0 Å². The number of aromatic amines is 1. The van der Waals surface area contributed by atoms with E-state index in [0.29, 0.717) is 13.0 Å². The highest BCUT2D eigenvalue weighted by Crippen LogP contribution is 2.22. The van der Waals surface area contributed by atoms with Crippen LogP contribution >= 0.6 is 0 Å². The molecule has 1 amide bonds. The number of carbonyl (C=O) groups excluding carboxylic acids is 1. The topological polar surface area (TPSA) is 57.4 Å². The number of rotatable bonds is 5. The number of carbonyl (C=O) groups is 1. The number of nitrogens with zero attached hydrogens (tertiary/aromatic N) is 1. The maximum absolute atomic E-state index is 12.2. The van der Waals surface area contributed by atoms with Crippen molar-refractivity contribution < 1.29 is 9.53 Å². The summed E-state index contributed by atoms with van der Waals surface area (Å²) in [6.07, 6.45) is 0.430. The molecule has 1 saturated heterocycles. The van der Waals surface area contributed by atoms with Crippen LogP contribution in [0.4, 0.5) is 0 Å². The number of morpholine rings is 1. The summed E-state index contributed by atoms with van der Waals surface area (Å²) in [5, 5.41) is 4.17. The lowest BCUT2D eigenvalue weighted by Crippen LogP contribution is -2.41. The van der Waals surface area contributed by atoms with Crippen molar-refractivity contribution in [3.63, 3.8) is 0 Å². The highest BCUT2D eigenvalue weighted by atomic mass is 16.5. The Morgan fingerprint density at radius 3 is 2.91 bits per heavy atom. The fourth-order valence-corrected chi connectivity index (χ4v) is 2.96. The van der Waals surface area contributed by atoms with Gasteiger partial charge in [-0.2, -0.15) is 0 Å². The largest absolute Gasteiger partial charge is 0.379 e. The standard InChI is InChI=1S/C17H23N3O2/c1-13-15(14-4-2-3-5-16(14)19-13)12-17(21)18-6-7-20-8-10-22-11-9-20/h2-5,19H,6-12H2,1H3,(H,18,21). The first-order valence-electron chi connectivity index (χ1n) is 7.87. The maximum Gasteiger partial charge on any atom is 0.224 e. The van der Waals surface area contributed by atoms with E-state index in [1.807, 2.05) is 25.1 Å². The molecule has 118 valence electrons. The average Bonchev–Trinajstić information content (AvgIpc) is 2.84. The van der Waals surface area contributed by atoms with Gasteiger partial charge >= 0.3 is 0 Å². The van der Waals surface area contributed by atoms with Gasteiger partial charge in [0, 0.05) is 42.8 Å². The van der Waals surface area contributed by atoms with Gasteiger partial charge in [-0.25, -0.2) is 0 Å². The van der Waals surface area contributed by atoms with Crippen molar-refractivity contribution in [2.75, 3.05) is 39.4 Å². The summed E-state index contributed by atoms with van der Waals surface area (Å²) in [6.45, 7) is 7.11. The number of ether oxygens (including phenoxy) is 1. The van der Waals surface area contributed by atoms with Crippen LogP contribution in [0.15, 0.2) is 24.3 Å². The molecule has 0 unspecified atom stereocenters. The quantitative estimate of drug-likeness (QED) is 0.879. The van der Waals surface area contributed by atoms with Crippen molar-refractivity contribution in [1.82, 2.24) is 15.2 Å². The normalized spacial score (nSPS) is 16.0. The first-order chi connectivity index (χ1) is 10.7. The Bertz CT molecular complexity index is 644. The second-order valence-corrected chi connectivity index (χ2v) is 5.75. The van der Waals surface area contributed by atoms with Gasteiger partial charge in [0.05, 0.1) is 19.6 Å². The number of aromatic nitrogens is 1. The highest BCUT2D eigenvalue weighted by Gasteiger charge is 2.13. The first kappa shape index (κ1) is 15.1. The summed E-state index contributed by atoms with van der Waals surface area (Å²) in [6, 6.07) is 8.12. The fourth-order valence-electron chi connectivity index (χ4n) is 2.96. The van der Waals surface area contributed by atoms with Crippen LogP contribution in [0, 0.1) is 6.92 Å². The monoisotopic (exact) mass is 301 g/mol. The fraction of sp³-hybridized carbons (Fsp3) is 0.471. The van der Waals surface area contributed by atoms with E-state index in [0.717, 1.165) is 55.0 Å². The van der Waals surface area contributed by atoms with E-state index < -0.39 is 0 Å². The van der Waals surface area contributed by atoms with Gasteiger partial charge in [0.25, 0.3) is 0 Å². The van der Waals surface area contributed by atoms with Crippen LogP contribution < -0.4 is 5.32 Å². The van der Waals surface area contributed by atoms with E-state index in [2.05, 4.69) is 21.3 Å². The summed E-state index contributed by atoms with van der Waals surface area (Å²) in [4.78, 5) is 17.8. The molecule has 2 aromatic rings. The first-order valence-corrected chi connectivity index (χ1v) is 7.87. The third kappa shape index (κ3) is 3.48. The van der Waals surface area contributed by atoms with Gasteiger partial charge in [-0.15, -0.1) is 0 Å². The van der Waals surface area contributed by atoms with Crippen LogP contribution in [0.5, 0.6) is 0 Å². The Balaban J connectivity index is 1.53. The van der Waals surface area contributed by atoms with E-state index in [4.69, 9.17) is 4.74 Å². The SMILES string of the molecule is Cc1[nH]c2ccccc2c1CC(=O)NCCN1CCOCC1. The predicted octanol–water partition coefficient (Wildman–Crippen LogP) is 1.47. The molecule has 1 aromatic heterocycles. The second kappa shape index (κ2) is 6.94. The Labute approximate surface area is 130 Å². The molecule has 5 heteroatoms. The number of benzene rings is 1. The van der Waals surface area contributed by atoms with E-state index in [1.54, 1.807) is 0 Å². The molecular weight excluding hydrogens is 278 g/mol. The Morgan fingerprint density at radius 1 is 1.32 bits per heavy atom. The molecule has 0 saturated carbocycles. The molecule has 3 rings (SSSR count). The van der Waals surface area contributed by atoms with E-state index in [1.165, 1.54) is 0 Å². The molecule has 1 aromatic carbocycles. The summed E-state index contributed by atoms with van der Waals surface area (Å²) in [5.41, 5.74) is 3.26. The smallest absolute Gasteiger partial charge is 0.224 e. The maximum atomic E-state index is 12.2. The van der Waals surface area contributed by atoms with Gasteiger partial charge in [-0.1, -0.05) is 18.2 Å². The van der Waals surface area contributed by atoms with Crippen molar-refractivity contribution in [2.45, 2.75) is 13.3 Å². The summed E-state index contributed by atoms with van der Waals surface area (Å²) >= 11 is 0. The zero-order valence-corrected chi connectivity index (χ0v) is 13.0. The van der Waals surface area contributed by atoms with Crippen LogP contribution in [0.25, 0.3) is 10.9 Å². The molecule has 2 heterocycles. The molecule has 1 fully saturated rings. The van der Waals surface area contributed by atoms with Gasteiger partial charge in [-0.3, -0.25) is 9.69 Å². The zero-order valence-electron chi connectivity index (χ0n) is 13.0. The molecule has 0 atom stereocenters. The zero-order chi connectivity index (χ0) is 15.4. The average molecular weight is 301 g/mol. The van der Waals surface area contributed by atoms with Gasteiger partial charge in [-0.05, 0) is 18.6 Å². The molecule has 0 spiro atoms. The number of nitrogens with one attached hydrogen (secondary N) is 2. The molecule has 0 bridgehead atoms. The van der Waals surface area contributed by atoms with Crippen LogP contribution in [0.3, 0.4) is 0 Å². The number of hydrogen-bond donors (Lipinski definition) is 2. The van der Waals surface area contributed by atoms with Crippen molar-refractivity contribution in [3.05, 3.63) is 35.5 Å². The number of amides is 1. The van der Waals surface area contributed by atoms with Gasteiger partial charge in [0.15, 0.2) is 0 Å². The molecular formula is C17H23N3O2. The molecule has 0 radical (unpaired) electrons. The van der Waals surface area contributed by atoms with Crippen molar-refractivity contribution >= 4 is 16.8 Å². The van der Waals surface area contributed by atoms with E-state index in [-0.39, 0.29) is 5.91 Å². The van der Waals surface area contributed by atoms with Crippen LogP contribution in [0.1, 0.15) is 11.3 Å². The number of aryl methyl sites for hydroxylation is 1. The van der Waals surface area contributed by atoms with Gasteiger partial charge < -0.3 is 15.0 Å². The minimum Gasteiger partial charge on any atom is -0.379 e. The van der Waals surface area contributed by atoms with Crippen LogP contribution in [-0.4, -0.2) is 55.2 Å². The molecule has 22 heavy (non-hydrogen) atoms. The third-order valence-corrected chi connectivity index (χ3v) is 4.22. The van der Waals surface area contributed by atoms with Crippen LogP contribution in [-0.2, 0) is 16.0 Å². The Kier molecular flexibility index (Phi) is 4.75. The number of hydrogen-bond acceptors (Lipinski definition) is 3. The minimum atomic E-state index is 0.0844. The highest BCUT2D eigenvalue weighted by molar-refractivity contribution is 5.90.